The van der Waals surface area contributed by atoms with Gasteiger partial charge in [-0.1, -0.05) is 38.1 Å². The number of aromatic nitrogens is 1. The highest BCUT2D eigenvalue weighted by molar-refractivity contribution is 7.89. The summed E-state index contributed by atoms with van der Waals surface area (Å²) in [6.07, 6.45) is 0.952. The smallest absolute Gasteiger partial charge is 0.248 e. The predicted octanol–water partition coefficient (Wildman–Crippen LogP) is 3.18. The minimum atomic E-state index is -3.67. The van der Waals surface area contributed by atoms with E-state index in [9.17, 15) is 13.2 Å². The average molecular weight is 464 g/mol. The molecule has 1 aromatic carbocycles. The third-order valence-corrected chi connectivity index (χ3v) is 7.92. The molecule has 1 N–H and O–H groups in total. The van der Waals surface area contributed by atoms with Crippen LogP contribution in [0.4, 0.5) is 0 Å². The van der Waals surface area contributed by atoms with E-state index < -0.39 is 10.0 Å². The van der Waals surface area contributed by atoms with Crippen LogP contribution in [0, 0.1) is 19.8 Å². The van der Waals surface area contributed by atoms with Crippen molar-refractivity contribution < 1.29 is 22.5 Å². The van der Waals surface area contributed by atoms with Gasteiger partial charge in [0.05, 0.1) is 6.54 Å². The van der Waals surface area contributed by atoms with Gasteiger partial charge in [0.2, 0.25) is 15.9 Å². The van der Waals surface area contributed by atoms with Crippen molar-refractivity contribution in [2.45, 2.75) is 57.8 Å². The fraction of sp³-hybridized carbons (Fsp3) is 0.565. The van der Waals surface area contributed by atoms with Crippen molar-refractivity contribution in [2.24, 2.45) is 5.92 Å². The van der Waals surface area contributed by atoms with E-state index in [4.69, 9.17) is 9.26 Å². The second-order valence-electron chi connectivity index (χ2n) is 9.25. The first-order valence-electron chi connectivity index (χ1n) is 10.9. The van der Waals surface area contributed by atoms with Crippen LogP contribution in [0.15, 0.2) is 33.7 Å². The van der Waals surface area contributed by atoms with Crippen molar-refractivity contribution in [2.75, 3.05) is 26.2 Å². The highest BCUT2D eigenvalue weighted by Gasteiger charge is 2.35. The molecule has 32 heavy (non-hydrogen) atoms. The molecule has 9 heteroatoms. The minimum Gasteiger partial charge on any atom is -0.492 e. The Morgan fingerprint density at radius 1 is 1.19 bits per heavy atom. The van der Waals surface area contributed by atoms with Gasteiger partial charge in [-0.05, 0) is 49.8 Å². The van der Waals surface area contributed by atoms with Crippen LogP contribution in [0.1, 0.15) is 50.6 Å². The van der Waals surface area contributed by atoms with Gasteiger partial charge in [-0.25, -0.2) is 8.42 Å². The second-order valence-corrected chi connectivity index (χ2v) is 11.1. The van der Waals surface area contributed by atoms with E-state index in [1.54, 1.807) is 13.8 Å². The summed E-state index contributed by atoms with van der Waals surface area (Å²) in [7, 11) is -3.67. The number of benzene rings is 1. The van der Waals surface area contributed by atoms with Gasteiger partial charge in [-0.2, -0.15) is 4.31 Å². The maximum Gasteiger partial charge on any atom is 0.248 e. The molecule has 2 heterocycles. The van der Waals surface area contributed by atoms with E-state index in [1.165, 1.54) is 9.87 Å². The Labute approximate surface area is 190 Å². The molecule has 0 unspecified atom stereocenters. The lowest BCUT2D eigenvalue weighted by Crippen LogP contribution is -2.43. The van der Waals surface area contributed by atoms with Gasteiger partial charge in [0.1, 0.15) is 22.9 Å². The van der Waals surface area contributed by atoms with Gasteiger partial charge in [0.15, 0.2) is 5.76 Å². The van der Waals surface area contributed by atoms with Crippen LogP contribution in [0.5, 0.6) is 5.75 Å². The fourth-order valence-corrected chi connectivity index (χ4v) is 5.63. The maximum atomic E-state index is 12.9. The molecule has 8 nitrogen and oxygen atoms in total. The van der Waals surface area contributed by atoms with Crippen LogP contribution in [0.3, 0.4) is 0 Å². The standard InChI is InChI=1S/C23H33N3O5S/c1-16-21(17(2)31-25-16)32(28,29)26-13-10-18(11-14-26)22(27)24-12-15-30-20-8-6-19(7-9-20)23(3,4)5/h6-9,18H,10-15H2,1-5H3,(H,24,27). The van der Waals surface area contributed by atoms with Crippen LogP contribution in [0.2, 0.25) is 0 Å². The minimum absolute atomic E-state index is 0.0638. The summed E-state index contributed by atoms with van der Waals surface area (Å²) in [6.45, 7) is 11.1. The number of hydrogen-bond donors (Lipinski definition) is 1. The molecule has 1 aliphatic heterocycles. The molecular formula is C23H33N3O5S. The van der Waals surface area contributed by atoms with Crippen molar-refractivity contribution in [3.8, 4) is 5.75 Å². The lowest BCUT2D eigenvalue weighted by Gasteiger charge is -2.30. The molecule has 0 bridgehead atoms. The number of carbonyl (C=O) groups is 1. The number of aryl methyl sites for hydroxylation is 2. The molecular weight excluding hydrogens is 430 g/mol. The summed E-state index contributed by atoms with van der Waals surface area (Å²) in [4.78, 5) is 12.6. The summed E-state index contributed by atoms with van der Waals surface area (Å²) in [5.41, 5.74) is 1.69. The molecule has 1 aliphatic rings. The number of rotatable bonds is 7. The number of nitrogens with zero attached hydrogens (tertiary/aromatic N) is 2. The van der Waals surface area contributed by atoms with Gasteiger partial charge in [-0.3, -0.25) is 4.79 Å². The van der Waals surface area contributed by atoms with E-state index in [0.717, 1.165) is 5.75 Å². The average Bonchev–Trinajstić information content (AvgIpc) is 3.09. The molecule has 1 amide bonds. The highest BCUT2D eigenvalue weighted by Crippen LogP contribution is 2.28. The van der Waals surface area contributed by atoms with Crippen molar-refractivity contribution in [3.05, 3.63) is 41.3 Å². The predicted molar refractivity (Wildman–Crippen MR) is 121 cm³/mol. The number of amides is 1. The van der Waals surface area contributed by atoms with Gasteiger partial charge in [0.25, 0.3) is 0 Å². The zero-order valence-electron chi connectivity index (χ0n) is 19.5. The molecule has 2 aromatic rings. The van der Waals surface area contributed by atoms with E-state index in [-0.39, 0.29) is 27.9 Å². The van der Waals surface area contributed by atoms with Gasteiger partial charge >= 0.3 is 0 Å². The molecule has 0 spiro atoms. The normalized spacial score (nSPS) is 16.2. The Kier molecular flexibility index (Phi) is 7.29. The lowest BCUT2D eigenvalue weighted by molar-refractivity contribution is -0.126. The monoisotopic (exact) mass is 463 g/mol. The number of piperidine rings is 1. The molecule has 0 saturated carbocycles. The second kappa shape index (κ2) is 9.62. The van der Waals surface area contributed by atoms with Crippen LogP contribution < -0.4 is 10.1 Å². The zero-order chi connectivity index (χ0) is 23.5. The van der Waals surface area contributed by atoms with Crippen molar-refractivity contribution >= 4 is 15.9 Å². The first-order valence-corrected chi connectivity index (χ1v) is 12.4. The topological polar surface area (TPSA) is 102 Å². The van der Waals surface area contributed by atoms with E-state index >= 15 is 0 Å². The van der Waals surface area contributed by atoms with Crippen LogP contribution in [0.25, 0.3) is 0 Å². The SMILES string of the molecule is Cc1noc(C)c1S(=O)(=O)N1CCC(C(=O)NCCOc2ccc(C(C)(C)C)cc2)CC1. The molecule has 3 rings (SSSR count). The molecule has 1 aromatic heterocycles. The Balaban J connectivity index is 1.43. The summed E-state index contributed by atoms with van der Waals surface area (Å²) in [5.74, 6) is 0.781. The maximum absolute atomic E-state index is 12.9. The van der Waals surface area contributed by atoms with E-state index in [2.05, 4.69) is 43.4 Å². The number of nitrogens with one attached hydrogen (secondary N) is 1. The molecule has 0 radical (unpaired) electrons. The van der Waals surface area contributed by atoms with Crippen LogP contribution in [-0.2, 0) is 20.2 Å². The number of hydrogen-bond acceptors (Lipinski definition) is 6. The Bertz CT molecular complexity index is 1010. The molecule has 1 saturated heterocycles. The molecule has 0 aliphatic carbocycles. The quantitative estimate of drug-likeness (QED) is 0.633. The van der Waals surface area contributed by atoms with Gasteiger partial charge < -0.3 is 14.6 Å². The highest BCUT2D eigenvalue weighted by atomic mass is 32.2. The first kappa shape index (κ1) is 24.3. The largest absolute Gasteiger partial charge is 0.492 e. The summed E-state index contributed by atoms with van der Waals surface area (Å²) >= 11 is 0. The third-order valence-electron chi connectivity index (χ3n) is 5.78. The van der Waals surface area contributed by atoms with Crippen molar-refractivity contribution in [3.63, 3.8) is 0 Å². The summed E-state index contributed by atoms with van der Waals surface area (Å²) in [6, 6.07) is 7.99. The molecule has 176 valence electrons. The third kappa shape index (κ3) is 5.50. The lowest BCUT2D eigenvalue weighted by atomic mass is 9.87. The van der Waals surface area contributed by atoms with Crippen molar-refractivity contribution in [1.82, 2.24) is 14.8 Å². The number of sulfonamides is 1. The number of carbonyl (C=O) groups excluding carboxylic acids is 1. The zero-order valence-corrected chi connectivity index (χ0v) is 20.3. The number of ether oxygens (including phenoxy) is 1. The Morgan fingerprint density at radius 3 is 2.34 bits per heavy atom. The van der Waals surface area contributed by atoms with Gasteiger partial charge in [0, 0.05) is 19.0 Å². The molecule has 0 atom stereocenters. The fourth-order valence-electron chi connectivity index (χ4n) is 3.87. The van der Waals surface area contributed by atoms with Crippen LogP contribution in [-0.4, -0.2) is 50.0 Å². The van der Waals surface area contributed by atoms with Gasteiger partial charge in [-0.15, -0.1) is 0 Å². The van der Waals surface area contributed by atoms with Crippen molar-refractivity contribution in [1.29, 1.82) is 0 Å². The van der Waals surface area contributed by atoms with E-state index in [1.807, 2.05) is 12.1 Å². The Hall–Kier alpha value is -2.39. The van der Waals surface area contributed by atoms with E-state index in [0.29, 0.717) is 44.8 Å². The molecule has 1 fully saturated rings. The summed E-state index contributed by atoms with van der Waals surface area (Å²) in [5, 5.41) is 6.64. The van der Waals surface area contributed by atoms with Crippen LogP contribution >= 0.6 is 0 Å². The Morgan fingerprint density at radius 2 is 1.81 bits per heavy atom. The summed E-state index contributed by atoms with van der Waals surface area (Å²) < 4.78 is 37.9. The first-order chi connectivity index (χ1) is 15.0.